The van der Waals surface area contributed by atoms with Crippen LogP contribution in [0.15, 0.2) is 29.3 Å². The lowest BCUT2D eigenvalue weighted by Crippen LogP contribution is -2.39. The van der Waals surface area contributed by atoms with Crippen LogP contribution in [0.3, 0.4) is 0 Å². The Hall–Kier alpha value is -2.08. The third kappa shape index (κ3) is 4.75. The van der Waals surface area contributed by atoms with E-state index in [1.54, 1.807) is 14.2 Å². The fraction of sp³-hybridized carbons (Fsp3) is 0.467. The zero-order valence-corrected chi connectivity index (χ0v) is 12.6. The fourth-order valence-electron chi connectivity index (χ4n) is 2.07. The average Bonchev–Trinajstić information content (AvgIpc) is 2.92. The van der Waals surface area contributed by atoms with Gasteiger partial charge in [0.25, 0.3) is 0 Å². The van der Waals surface area contributed by atoms with Crippen LogP contribution in [0.25, 0.3) is 11.0 Å². The molecule has 3 N–H and O–H groups in total. The fourth-order valence-corrected chi connectivity index (χ4v) is 2.07. The van der Waals surface area contributed by atoms with Crippen LogP contribution in [0.5, 0.6) is 0 Å². The number of fused-ring (bicyclic) bond motifs is 1. The predicted molar refractivity (Wildman–Crippen MR) is 85.7 cm³/mol. The first-order valence-electron chi connectivity index (χ1n) is 7.20. The van der Waals surface area contributed by atoms with Crippen molar-refractivity contribution in [2.75, 3.05) is 33.9 Å². The lowest BCUT2D eigenvalue weighted by molar-refractivity contribution is 0.195. The molecule has 0 bridgehead atoms. The van der Waals surface area contributed by atoms with Crippen molar-refractivity contribution in [1.29, 1.82) is 0 Å². The summed E-state index contributed by atoms with van der Waals surface area (Å²) in [6, 6.07) is 8.06. The maximum Gasteiger partial charge on any atom is 0.190 e. The first kappa shape index (κ1) is 15.3. The molecule has 0 atom stereocenters. The van der Waals surface area contributed by atoms with Crippen molar-refractivity contribution in [3.05, 3.63) is 30.1 Å². The number of guanidine groups is 1. The van der Waals surface area contributed by atoms with E-state index in [4.69, 9.17) is 4.74 Å². The van der Waals surface area contributed by atoms with Crippen LogP contribution in [0, 0.1) is 0 Å². The molecule has 1 aromatic heterocycles. The van der Waals surface area contributed by atoms with Gasteiger partial charge in [0.1, 0.15) is 5.82 Å². The standard InChI is InChI=1S/C15H23N5O/c1-16-15(17-9-5-11-21-2)18-10-8-14-19-12-6-3-4-7-13(12)20-14/h3-4,6-7H,5,8-11H2,1-2H3,(H,19,20)(H2,16,17,18). The van der Waals surface area contributed by atoms with Crippen molar-refractivity contribution >= 4 is 17.0 Å². The molecule has 0 amide bonds. The molecule has 0 aliphatic heterocycles. The number of imidazole rings is 1. The van der Waals surface area contributed by atoms with Gasteiger partial charge < -0.3 is 20.4 Å². The minimum atomic E-state index is 0.753. The Labute approximate surface area is 125 Å². The van der Waals surface area contributed by atoms with Crippen LogP contribution in [0.1, 0.15) is 12.2 Å². The Morgan fingerprint density at radius 2 is 2.10 bits per heavy atom. The minimum absolute atomic E-state index is 0.753. The van der Waals surface area contributed by atoms with Crippen LogP contribution in [0.2, 0.25) is 0 Å². The molecule has 6 heteroatoms. The second-order valence-corrected chi connectivity index (χ2v) is 4.72. The number of hydrogen-bond acceptors (Lipinski definition) is 3. The molecule has 21 heavy (non-hydrogen) atoms. The summed E-state index contributed by atoms with van der Waals surface area (Å²) in [6.45, 7) is 2.38. The van der Waals surface area contributed by atoms with E-state index in [1.807, 2.05) is 24.3 Å². The summed E-state index contributed by atoms with van der Waals surface area (Å²) >= 11 is 0. The summed E-state index contributed by atoms with van der Waals surface area (Å²) in [5, 5.41) is 6.52. The Morgan fingerprint density at radius 3 is 2.86 bits per heavy atom. The third-order valence-corrected chi connectivity index (χ3v) is 3.13. The molecule has 0 unspecified atom stereocenters. The van der Waals surface area contributed by atoms with Gasteiger partial charge in [-0.1, -0.05) is 12.1 Å². The molecule has 0 spiro atoms. The summed E-state index contributed by atoms with van der Waals surface area (Å²) < 4.78 is 5.01. The van der Waals surface area contributed by atoms with E-state index in [0.717, 1.165) is 55.4 Å². The molecular weight excluding hydrogens is 266 g/mol. The molecule has 0 aliphatic carbocycles. The van der Waals surface area contributed by atoms with Crippen molar-refractivity contribution in [3.63, 3.8) is 0 Å². The summed E-state index contributed by atoms with van der Waals surface area (Å²) in [6.07, 6.45) is 1.79. The second kappa shape index (κ2) is 8.26. The lowest BCUT2D eigenvalue weighted by Gasteiger charge is -2.10. The molecule has 2 rings (SSSR count). The highest BCUT2D eigenvalue weighted by atomic mass is 16.5. The number of nitrogens with zero attached hydrogens (tertiary/aromatic N) is 2. The second-order valence-electron chi connectivity index (χ2n) is 4.72. The molecule has 0 aliphatic rings. The Bertz CT molecular complexity index is 545. The molecule has 1 aromatic carbocycles. The molecule has 1 heterocycles. The average molecular weight is 289 g/mol. The normalized spacial score (nSPS) is 11.8. The van der Waals surface area contributed by atoms with E-state index in [0.29, 0.717) is 0 Å². The number of benzene rings is 1. The molecule has 2 aromatic rings. The zero-order valence-electron chi connectivity index (χ0n) is 12.6. The monoisotopic (exact) mass is 289 g/mol. The number of para-hydroxylation sites is 2. The highest BCUT2D eigenvalue weighted by molar-refractivity contribution is 5.79. The Morgan fingerprint density at radius 1 is 1.29 bits per heavy atom. The summed E-state index contributed by atoms with van der Waals surface area (Å²) in [5.41, 5.74) is 2.09. The maximum atomic E-state index is 5.01. The van der Waals surface area contributed by atoms with E-state index < -0.39 is 0 Å². The summed E-state index contributed by atoms with van der Waals surface area (Å²) in [5.74, 6) is 1.79. The van der Waals surface area contributed by atoms with Crippen molar-refractivity contribution in [2.24, 2.45) is 4.99 Å². The molecular formula is C15H23N5O. The number of hydrogen-bond donors (Lipinski definition) is 3. The van der Waals surface area contributed by atoms with Gasteiger partial charge in [-0.25, -0.2) is 4.98 Å². The first-order valence-corrected chi connectivity index (χ1v) is 7.20. The van der Waals surface area contributed by atoms with Gasteiger partial charge in [-0.05, 0) is 18.6 Å². The molecule has 6 nitrogen and oxygen atoms in total. The van der Waals surface area contributed by atoms with E-state index >= 15 is 0 Å². The Balaban J connectivity index is 1.74. The molecule has 114 valence electrons. The highest BCUT2D eigenvalue weighted by Gasteiger charge is 2.02. The van der Waals surface area contributed by atoms with Crippen molar-refractivity contribution in [1.82, 2.24) is 20.6 Å². The van der Waals surface area contributed by atoms with Crippen LogP contribution >= 0.6 is 0 Å². The number of ether oxygens (including phenoxy) is 1. The van der Waals surface area contributed by atoms with Crippen LogP contribution in [0.4, 0.5) is 0 Å². The smallest absolute Gasteiger partial charge is 0.190 e. The molecule has 0 saturated heterocycles. The van der Waals surface area contributed by atoms with Gasteiger partial charge in [-0.3, -0.25) is 4.99 Å². The predicted octanol–water partition coefficient (Wildman–Crippen LogP) is 1.31. The quantitative estimate of drug-likeness (QED) is 0.408. The van der Waals surface area contributed by atoms with E-state index in [9.17, 15) is 0 Å². The molecule has 0 fully saturated rings. The van der Waals surface area contributed by atoms with Gasteiger partial charge in [-0.15, -0.1) is 0 Å². The van der Waals surface area contributed by atoms with E-state index in [2.05, 4.69) is 25.6 Å². The van der Waals surface area contributed by atoms with Crippen molar-refractivity contribution in [2.45, 2.75) is 12.8 Å². The minimum Gasteiger partial charge on any atom is -0.385 e. The van der Waals surface area contributed by atoms with Crippen LogP contribution in [-0.2, 0) is 11.2 Å². The number of rotatable bonds is 7. The first-order chi connectivity index (χ1) is 10.3. The van der Waals surface area contributed by atoms with Gasteiger partial charge in [0.05, 0.1) is 11.0 Å². The number of aromatic nitrogens is 2. The van der Waals surface area contributed by atoms with E-state index in [1.165, 1.54) is 0 Å². The SMILES string of the molecule is CN=C(NCCCOC)NCCc1nc2ccccc2[nH]1. The maximum absolute atomic E-state index is 5.01. The highest BCUT2D eigenvalue weighted by Crippen LogP contribution is 2.10. The van der Waals surface area contributed by atoms with Crippen molar-refractivity contribution < 1.29 is 4.74 Å². The Kier molecular flexibility index (Phi) is 6.02. The van der Waals surface area contributed by atoms with Crippen molar-refractivity contribution in [3.8, 4) is 0 Å². The number of nitrogens with one attached hydrogen (secondary N) is 3. The van der Waals surface area contributed by atoms with Gasteiger partial charge in [0.2, 0.25) is 0 Å². The van der Waals surface area contributed by atoms with Gasteiger partial charge in [0, 0.05) is 40.3 Å². The zero-order chi connectivity index (χ0) is 14.9. The van der Waals surface area contributed by atoms with Crippen LogP contribution in [-0.4, -0.2) is 49.8 Å². The summed E-state index contributed by atoms with van der Waals surface area (Å²) in [4.78, 5) is 12.1. The number of aliphatic imine (C=N–C) groups is 1. The van der Waals surface area contributed by atoms with Crippen LogP contribution < -0.4 is 10.6 Å². The molecule has 0 saturated carbocycles. The van der Waals surface area contributed by atoms with Gasteiger partial charge in [0.15, 0.2) is 5.96 Å². The van der Waals surface area contributed by atoms with Gasteiger partial charge >= 0.3 is 0 Å². The topological polar surface area (TPSA) is 74.3 Å². The number of aromatic amines is 1. The summed E-state index contributed by atoms with van der Waals surface area (Å²) in [7, 11) is 3.48. The lowest BCUT2D eigenvalue weighted by atomic mass is 10.3. The molecule has 0 radical (unpaired) electrons. The third-order valence-electron chi connectivity index (χ3n) is 3.13. The van der Waals surface area contributed by atoms with E-state index in [-0.39, 0.29) is 0 Å². The largest absolute Gasteiger partial charge is 0.385 e. The van der Waals surface area contributed by atoms with Gasteiger partial charge in [-0.2, -0.15) is 0 Å². The number of H-pyrrole nitrogens is 1. The number of methoxy groups -OCH3 is 1.